The number of piperidine rings is 1. The molecule has 130 valence electrons. The zero-order chi connectivity index (χ0) is 17.0. The first-order valence-corrected chi connectivity index (χ1v) is 9.66. The Labute approximate surface area is 144 Å². The molecule has 1 heterocycles. The van der Waals surface area contributed by atoms with Gasteiger partial charge in [-0.05, 0) is 36.5 Å². The average Bonchev–Trinajstić information content (AvgIpc) is 2.46. The first-order valence-electron chi connectivity index (χ1n) is 7.89. The summed E-state index contributed by atoms with van der Waals surface area (Å²) in [5, 5.41) is 0.597. The molecule has 5 nitrogen and oxygen atoms in total. The molecule has 2 atom stereocenters. The monoisotopic (exact) mass is 360 g/mol. The number of hydrogen-bond acceptors (Lipinski definition) is 3. The Bertz CT molecular complexity index is 614. The smallest absolute Gasteiger partial charge is 0.281 e. The molecule has 7 heteroatoms. The number of benzene rings is 1. The number of ether oxygens (including phenoxy) is 1. The van der Waals surface area contributed by atoms with Gasteiger partial charge >= 0.3 is 0 Å². The topological polar surface area (TPSA) is 49.9 Å². The van der Waals surface area contributed by atoms with E-state index in [0.717, 1.165) is 6.42 Å². The minimum absolute atomic E-state index is 0.287. The summed E-state index contributed by atoms with van der Waals surface area (Å²) in [6.45, 7) is 5.96. The molecule has 0 bridgehead atoms. The van der Waals surface area contributed by atoms with Gasteiger partial charge in [0, 0.05) is 31.7 Å². The molecule has 0 saturated carbocycles. The van der Waals surface area contributed by atoms with Crippen LogP contribution in [0.5, 0.6) is 5.75 Å². The molecule has 0 N–H and O–H groups in total. The second-order valence-electron chi connectivity index (χ2n) is 6.40. The van der Waals surface area contributed by atoms with Gasteiger partial charge in [-0.1, -0.05) is 31.5 Å². The Hall–Kier alpha value is -0.820. The molecule has 1 saturated heterocycles. The molecule has 1 aromatic rings. The van der Waals surface area contributed by atoms with E-state index >= 15 is 0 Å². The van der Waals surface area contributed by atoms with Crippen molar-refractivity contribution in [1.82, 2.24) is 8.61 Å². The fourth-order valence-electron chi connectivity index (χ4n) is 2.96. The molecule has 0 aliphatic carbocycles. The number of hydrogen-bond donors (Lipinski definition) is 0. The van der Waals surface area contributed by atoms with Crippen LogP contribution in [-0.2, 0) is 10.2 Å². The predicted molar refractivity (Wildman–Crippen MR) is 93.0 cm³/mol. The maximum absolute atomic E-state index is 12.6. The van der Waals surface area contributed by atoms with Gasteiger partial charge in [-0.3, -0.25) is 0 Å². The van der Waals surface area contributed by atoms with Gasteiger partial charge in [-0.25, -0.2) is 0 Å². The summed E-state index contributed by atoms with van der Waals surface area (Å²) >= 11 is 5.89. The third kappa shape index (κ3) is 5.08. The van der Waals surface area contributed by atoms with Gasteiger partial charge in [0.25, 0.3) is 10.2 Å². The molecule has 1 aliphatic heterocycles. The van der Waals surface area contributed by atoms with E-state index in [0.29, 0.717) is 42.2 Å². The standard InChI is InChI=1S/C16H25ClN2O3S/c1-13-9-14(2)12-19(11-13)23(20,21)18(3)7-8-22-16-6-4-5-15(17)10-16/h4-6,10,13-14H,7-9,11-12H2,1-3H3. The van der Waals surface area contributed by atoms with Gasteiger partial charge in [-0.2, -0.15) is 17.0 Å². The van der Waals surface area contributed by atoms with Crippen LogP contribution in [0.4, 0.5) is 0 Å². The fourth-order valence-corrected chi connectivity index (χ4v) is 4.72. The highest BCUT2D eigenvalue weighted by Crippen LogP contribution is 2.24. The van der Waals surface area contributed by atoms with E-state index in [9.17, 15) is 8.42 Å². The zero-order valence-electron chi connectivity index (χ0n) is 13.9. The molecular formula is C16H25ClN2O3S. The van der Waals surface area contributed by atoms with Crippen LogP contribution in [0.25, 0.3) is 0 Å². The zero-order valence-corrected chi connectivity index (χ0v) is 15.5. The van der Waals surface area contributed by atoms with Crippen molar-refractivity contribution in [1.29, 1.82) is 0 Å². The first kappa shape index (κ1) is 18.5. The Kier molecular flexibility index (Phi) is 6.31. The molecular weight excluding hydrogens is 336 g/mol. The van der Waals surface area contributed by atoms with Crippen molar-refractivity contribution in [3.63, 3.8) is 0 Å². The Balaban J connectivity index is 1.89. The van der Waals surface area contributed by atoms with E-state index in [-0.39, 0.29) is 6.61 Å². The summed E-state index contributed by atoms with van der Waals surface area (Å²) in [6.07, 6.45) is 1.08. The quantitative estimate of drug-likeness (QED) is 0.783. The largest absolute Gasteiger partial charge is 0.492 e. The lowest BCUT2D eigenvalue weighted by molar-refractivity contribution is 0.207. The van der Waals surface area contributed by atoms with E-state index < -0.39 is 10.2 Å². The second-order valence-corrected chi connectivity index (χ2v) is 8.87. The molecule has 1 aliphatic rings. The van der Waals surface area contributed by atoms with Crippen molar-refractivity contribution in [2.24, 2.45) is 11.8 Å². The van der Waals surface area contributed by atoms with Crippen molar-refractivity contribution in [3.05, 3.63) is 29.3 Å². The summed E-state index contributed by atoms with van der Waals surface area (Å²) in [7, 11) is -1.83. The van der Waals surface area contributed by atoms with Crippen LogP contribution in [-0.4, -0.2) is 50.3 Å². The molecule has 0 amide bonds. The van der Waals surface area contributed by atoms with Crippen molar-refractivity contribution in [2.75, 3.05) is 33.3 Å². The average molecular weight is 361 g/mol. The summed E-state index contributed by atoms with van der Waals surface area (Å²) in [5.74, 6) is 1.43. The van der Waals surface area contributed by atoms with Gasteiger partial charge in [0.05, 0.1) is 0 Å². The molecule has 2 unspecified atom stereocenters. The van der Waals surface area contributed by atoms with Gasteiger partial charge in [0.2, 0.25) is 0 Å². The number of rotatable bonds is 6. The molecule has 23 heavy (non-hydrogen) atoms. The van der Waals surface area contributed by atoms with Crippen LogP contribution in [0.3, 0.4) is 0 Å². The summed E-state index contributed by atoms with van der Waals surface area (Å²) in [6, 6.07) is 7.08. The number of likely N-dealkylation sites (N-methyl/N-ethyl adjacent to an activating group) is 1. The molecule has 2 rings (SSSR count). The third-order valence-corrected chi connectivity index (χ3v) is 6.18. The van der Waals surface area contributed by atoms with Crippen LogP contribution in [0, 0.1) is 11.8 Å². The van der Waals surface area contributed by atoms with Gasteiger partial charge in [-0.15, -0.1) is 0 Å². The van der Waals surface area contributed by atoms with Gasteiger partial charge in [0.1, 0.15) is 12.4 Å². The lowest BCUT2D eigenvalue weighted by atomic mass is 9.94. The van der Waals surface area contributed by atoms with Gasteiger partial charge in [0.15, 0.2) is 0 Å². The van der Waals surface area contributed by atoms with Crippen LogP contribution < -0.4 is 4.74 Å². The molecule has 1 fully saturated rings. The van der Waals surface area contributed by atoms with Crippen LogP contribution in [0.1, 0.15) is 20.3 Å². The highest BCUT2D eigenvalue weighted by atomic mass is 35.5. The SMILES string of the molecule is CC1CC(C)CN(S(=O)(=O)N(C)CCOc2cccc(Cl)c2)C1. The van der Waals surface area contributed by atoms with E-state index in [2.05, 4.69) is 13.8 Å². The first-order chi connectivity index (χ1) is 10.8. The highest BCUT2D eigenvalue weighted by molar-refractivity contribution is 7.86. The second kappa shape index (κ2) is 7.83. The Morgan fingerprint density at radius 2 is 1.96 bits per heavy atom. The fraction of sp³-hybridized carbons (Fsp3) is 0.625. The molecule has 0 spiro atoms. The summed E-state index contributed by atoms with van der Waals surface area (Å²) in [5.41, 5.74) is 0. The number of nitrogens with zero attached hydrogens (tertiary/aromatic N) is 2. The maximum atomic E-state index is 12.6. The minimum Gasteiger partial charge on any atom is -0.492 e. The van der Waals surface area contributed by atoms with Crippen molar-refractivity contribution in [2.45, 2.75) is 20.3 Å². The highest BCUT2D eigenvalue weighted by Gasteiger charge is 2.32. The number of halogens is 1. The van der Waals surface area contributed by atoms with Crippen LogP contribution >= 0.6 is 11.6 Å². The van der Waals surface area contributed by atoms with Crippen molar-refractivity contribution < 1.29 is 13.2 Å². The Morgan fingerprint density at radius 3 is 2.57 bits per heavy atom. The minimum atomic E-state index is -3.43. The van der Waals surface area contributed by atoms with Crippen molar-refractivity contribution in [3.8, 4) is 5.75 Å². The normalized spacial score (nSPS) is 23.2. The summed E-state index contributed by atoms with van der Waals surface area (Å²) in [4.78, 5) is 0. The van der Waals surface area contributed by atoms with E-state index in [1.807, 2.05) is 0 Å². The van der Waals surface area contributed by atoms with E-state index in [1.165, 1.54) is 4.31 Å². The van der Waals surface area contributed by atoms with E-state index in [1.54, 1.807) is 35.6 Å². The molecule has 0 aromatic heterocycles. The van der Waals surface area contributed by atoms with Crippen LogP contribution in [0.15, 0.2) is 24.3 Å². The third-order valence-electron chi connectivity index (χ3n) is 4.03. The lowest BCUT2D eigenvalue weighted by Gasteiger charge is -2.36. The Morgan fingerprint density at radius 1 is 1.30 bits per heavy atom. The van der Waals surface area contributed by atoms with Crippen molar-refractivity contribution >= 4 is 21.8 Å². The van der Waals surface area contributed by atoms with Crippen LogP contribution in [0.2, 0.25) is 5.02 Å². The lowest BCUT2D eigenvalue weighted by Crippen LogP contribution is -2.49. The van der Waals surface area contributed by atoms with E-state index in [4.69, 9.17) is 16.3 Å². The molecule has 1 aromatic carbocycles. The predicted octanol–water partition coefficient (Wildman–Crippen LogP) is 2.87. The summed E-state index contributed by atoms with van der Waals surface area (Å²) < 4.78 is 33.8. The molecule has 0 radical (unpaired) electrons. The van der Waals surface area contributed by atoms with Gasteiger partial charge < -0.3 is 4.74 Å². The maximum Gasteiger partial charge on any atom is 0.281 e.